The predicted octanol–water partition coefficient (Wildman–Crippen LogP) is 5.62. The zero-order chi connectivity index (χ0) is 29.0. The van der Waals surface area contributed by atoms with Crippen molar-refractivity contribution in [2.75, 3.05) is 38.3 Å². The van der Waals surface area contributed by atoms with Gasteiger partial charge in [-0.1, -0.05) is 36.4 Å². The summed E-state index contributed by atoms with van der Waals surface area (Å²) in [6.45, 7) is 1.78. The van der Waals surface area contributed by atoms with Gasteiger partial charge in [-0.3, -0.25) is 4.79 Å². The molecule has 0 aromatic heterocycles. The van der Waals surface area contributed by atoms with E-state index in [1.807, 2.05) is 83.8 Å². The van der Waals surface area contributed by atoms with E-state index in [9.17, 15) is 14.7 Å². The van der Waals surface area contributed by atoms with Crippen LogP contribution in [0.1, 0.15) is 36.8 Å². The molecule has 1 aliphatic rings. The summed E-state index contributed by atoms with van der Waals surface area (Å²) < 4.78 is 22.6. The Labute approximate surface area is 239 Å². The van der Waals surface area contributed by atoms with Gasteiger partial charge >= 0.3 is 11.9 Å². The maximum Gasteiger partial charge on any atom is 0.346 e. The molecule has 1 atom stereocenters. The molecule has 9 heteroatoms. The molecule has 3 aromatic rings. The molecule has 9 nitrogen and oxygen atoms in total. The Morgan fingerprint density at radius 2 is 1.51 bits per heavy atom. The number of anilines is 1. The van der Waals surface area contributed by atoms with Crippen LogP contribution in [-0.2, 0) is 9.59 Å². The largest absolute Gasteiger partial charge is 0.497 e. The monoisotopic (exact) mass is 561 g/mol. The van der Waals surface area contributed by atoms with Gasteiger partial charge in [-0.2, -0.15) is 0 Å². The third kappa shape index (κ3) is 8.66. The number of nitrogens with zero attached hydrogens (tertiary/aromatic N) is 1. The average molecular weight is 562 g/mol. The quantitative estimate of drug-likeness (QED) is 0.180. The highest BCUT2D eigenvalue weighted by Gasteiger charge is 2.31. The number of para-hydroxylation sites is 1. The first kappa shape index (κ1) is 29.3. The van der Waals surface area contributed by atoms with Gasteiger partial charge in [0.1, 0.15) is 17.2 Å². The molecule has 0 aliphatic carbocycles. The first-order valence-corrected chi connectivity index (χ1v) is 13.6. The first-order valence-electron chi connectivity index (χ1n) is 13.6. The minimum atomic E-state index is -1.06. The number of rotatable bonds is 15. The van der Waals surface area contributed by atoms with Gasteiger partial charge in [0, 0.05) is 18.5 Å². The lowest BCUT2D eigenvalue weighted by Gasteiger charge is -2.35. The molecule has 0 saturated carbocycles. The van der Waals surface area contributed by atoms with Crippen molar-refractivity contribution in [3.8, 4) is 23.0 Å². The molecule has 3 aromatic carbocycles. The summed E-state index contributed by atoms with van der Waals surface area (Å²) in [5.41, 5.74) is 2.45. The van der Waals surface area contributed by atoms with Crippen LogP contribution in [-0.4, -0.2) is 61.7 Å². The van der Waals surface area contributed by atoms with Crippen LogP contribution in [0.4, 0.5) is 5.69 Å². The summed E-state index contributed by atoms with van der Waals surface area (Å²) in [5.74, 6) is 0.934. The van der Waals surface area contributed by atoms with E-state index in [-0.39, 0.29) is 13.0 Å². The first-order chi connectivity index (χ1) is 19.9. The second kappa shape index (κ2) is 14.6. The molecule has 41 heavy (non-hydrogen) atoms. The number of aliphatic carboxylic acids is 2. The molecule has 0 saturated heterocycles. The molecule has 0 bridgehead atoms. The van der Waals surface area contributed by atoms with Crippen molar-refractivity contribution in [3.05, 3.63) is 77.9 Å². The molecule has 0 amide bonds. The number of carboxylic acid groups (broad SMARTS) is 2. The van der Waals surface area contributed by atoms with E-state index in [0.717, 1.165) is 46.9 Å². The fraction of sp³-hybridized carbons (Fsp3) is 0.312. The molecule has 2 N–H and O–H groups in total. The summed E-state index contributed by atoms with van der Waals surface area (Å²) in [4.78, 5) is 24.6. The van der Waals surface area contributed by atoms with Crippen LogP contribution in [0.2, 0.25) is 0 Å². The molecular weight excluding hydrogens is 526 g/mol. The van der Waals surface area contributed by atoms with Crippen LogP contribution in [0.25, 0.3) is 12.2 Å². The summed E-state index contributed by atoms with van der Waals surface area (Å²) >= 11 is 0. The van der Waals surface area contributed by atoms with Crippen molar-refractivity contribution >= 4 is 29.8 Å². The maximum absolute atomic E-state index is 11.7. The second-order valence-corrected chi connectivity index (χ2v) is 9.57. The lowest BCUT2D eigenvalue weighted by atomic mass is 10.1. The predicted molar refractivity (Wildman–Crippen MR) is 156 cm³/mol. The van der Waals surface area contributed by atoms with E-state index in [2.05, 4.69) is 0 Å². The van der Waals surface area contributed by atoms with E-state index in [0.29, 0.717) is 31.9 Å². The molecule has 0 spiro atoms. The zero-order valence-corrected chi connectivity index (χ0v) is 23.0. The number of carbonyl (C=O) groups is 2. The fourth-order valence-corrected chi connectivity index (χ4v) is 4.41. The minimum absolute atomic E-state index is 0.0166. The summed E-state index contributed by atoms with van der Waals surface area (Å²) in [5, 5.41) is 18.6. The Balaban J connectivity index is 1.29. The number of hydrogen-bond donors (Lipinski definition) is 2. The smallest absolute Gasteiger partial charge is 0.346 e. The second-order valence-electron chi connectivity index (χ2n) is 9.57. The Kier molecular flexibility index (Phi) is 10.5. The van der Waals surface area contributed by atoms with Gasteiger partial charge in [0.15, 0.2) is 5.75 Å². The highest BCUT2D eigenvalue weighted by Crippen LogP contribution is 2.38. The summed E-state index contributed by atoms with van der Waals surface area (Å²) in [6, 6.07) is 20.8. The van der Waals surface area contributed by atoms with Gasteiger partial charge in [0.25, 0.3) is 0 Å². The molecule has 216 valence electrons. The van der Waals surface area contributed by atoms with Gasteiger partial charge in [-0.15, -0.1) is 0 Å². The van der Waals surface area contributed by atoms with Crippen LogP contribution in [0.15, 0.2) is 66.7 Å². The van der Waals surface area contributed by atoms with E-state index in [1.54, 1.807) is 7.11 Å². The van der Waals surface area contributed by atoms with Crippen LogP contribution < -0.4 is 23.8 Å². The molecule has 1 unspecified atom stereocenters. The SMILES string of the molecule is COc1ccc(OCCCCOc2ccc(/C=C/c3cccc4c3OC(C(=O)O)CN4CCCC(=O)O)cc2)cc1. The molecule has 1 aliphatic heterocycles. The van der Waals surface area contributed by atoms with Crippen molar-refractivity contribution in [1.29, 1.82) is 0 Å². The van der Waals surface area contributed by atoms with Crippen LogP contribution >= 0.6 is 0 Å². The summed E-state index contributed by atoms with van der Waals surface area (Å²) in [7, 11) is 1.63. The van der Waals surface area contributed by atoms with Crippen molar-refractivity contribution < 1.29 is 38.7 Å². The van der Waals surface area contributed by atoms with Gasteiger partial charge in [0.2, 0.25) is 6.10 Å². The van der Waals surface area contributed by atoms with E-state index < -0.39 is 18.0 Å². The van der Waals surface area contributed by atoms with Crippen LogP contribution in [0.5, 0.6) is 23.0 Å². The summed E-state index contributed by atoms with van der Waals surface area (Å²) in [6.07, 6.45) is 4.94. The lowest BCUT2D eigenvalue weighted by molar-refractivity contribution is -0.145. The van der Waals surface area contributed by atoms with E-state index in [1.165, 1.54) is 0 Å². The fourth-order valence-electron chi connectivity index (χ4n) is 4.41. The zero-order valence-electron chi connectivity index (χ0n) is 23.0. The Hall–Kier alpha value is -4.66. The Morgan fingerprint density at radius 3 is 2.12 bits per heavy atom. The number of methoxy groups -OCH3 is 1. The normalized spacial score (nSPS) is 14.3. The maximum atomic E-state index is 11.7. The third-order valence-electron chi connectivity index (χ3n) is 6.58. The standard InChI is InChI=1S/C32H35NO8/c1-38-25-15-17-27(18-16-25)40-21-3-2-20-39-26-13-10-23(11-14-26)9-12-24-6-4-7-28-31(24)41-29(32(36)37)22-33(28)19-5-8-30(34)35/h4,6-7,9-18,29H,2-3,5,8,19-22H2,1H3,(H,34,35)(H,36,37)/b12-9+. The number of hydrogen-bond acceptors (Lipinski definition) is 7. The molecule has 0 radical (unpaired) electrons. The van der Waals surface area contributed by atoms with Crippen molar-refractivity contribution in [1.82, 2.24) is 0 Å². The van der Waals surface area contributed by atoms with Crippen molar-refractivity contribution in [3.63, 3.8) is 0 Å². The Bertz CT molecular complexity index is 1320. The number of ether oxygens (including phenoxy) is 4. The highest BCUT2D eigenvalue weighted by atomic mass is 16.5. The van der Waals surface area contributed by atoms with Gasteiger partial charge in [-0.05, 0) is 67.3 Å². The molecule has 4 rings (SSSR count). The molecule has 0 fully saturated rings. The van der Waals surface area contributed by atoms with E-state index >= 15 is 0 Å². The average Bonchev–Trinajstić information content (AvgIpc) is 2.98. The minimum Gasteiger partial charge on any atom is -0.497 e. The molecule has 1 heterocycles. The lowest BCUT2D eigenvalue weighted by Crippen LogP contribution is -2.45. The van der Waals surface area contributed by atoms with Crippen LogP contribution in [0.3, 0.4) is 0 Å². The Morgan fingerprint density at radius 1 is 0.878 bits per heavy atom. The van der Waals surface area contributed by atoms with Gasteiger partial charge < -0.3 is 34.1 Å². The van der Waals surface area contributed by atoms with Gasteiger partial charge in [0.05, 0.1) is 32.6 Å². The number of fused-ring (bicyclic) bond motifs is 1. The topological polar surface area (TPSA) is 115 Å². The molecular formula is C32H35NO8. The van der Waals surface area contributed by atoms with Crippen molar-refractivity contribution in [2.45, 2.75) is 31.8 Å². The van der Waals surface area contributed by atoms with E-state index in [4.69, 9.17) is 24.1 Å². The third-order valence-corrected chi connectivity index (χ3v) is 6.58. The van der Waals surface area contributed by atoms with Gasteiger partial charge in [-0.25, -0.2) is 4.79 Å². The van der Waals surface area contributed by atoms with Crippen molar-refractivity contribution in [2.24, 2.45) is 0 Å². The number of carboxylic acids is 2. The highest BCUT2D eigenvalue weighted by molar-refractivity contribution is 5.81. The van der Waals surface area contributed by atoms with Crippen LogP contribution in [0, 0.1) is 0 Å². The number of unbranched alkanes of at least 4 members (excludes halogenated alkanes) is 1. The number of benzene rings is 3.